The summed E-state index contributed by atoms with van der Waals surface area (Å²) >= 11 is 0. The third kappa shape index (κ3) is 7.85. The Morgan fingerprint density at radius 1 is 0.846 bits per heavy atom. The van der Waals surface area contributed by atoms with E-state index in [1.807, 2.05) is 24.3 Å². The van der Waals surface area contributed by atoms with E-state index in [4.69, 9.17) is 19.9 Å². The van der Waals surface area contributed by atoms with Gasteiger partial charge in [-0.15, -0.1) is 0 Å². The molecule has 0 spiro atoms. The first-order valence-electron chi connectivity index (χ1n) is 13.3. The second-order valence-corrected chi connectivity index (χ2v) is 9.50. The van der Waals surface area contributed by atoms with Gasteiger partial charge in [0.05, 0.1) is 32.1 Å². The smallest absolute Gasteiger partial charge is 0.317 e. The number of ether oxygens (including phenoxy) is 3. The van der Waals surface area contributed by atoms with Gasteiger partial charge in [0.25, 0.3) is 5.91 Å². The second-order valence-electron chi connectivity index (χ2n) is 9.50. The summed E-state index contributed by atoms with van der Waals surface area (Å²) < 4.78 is 16.6. The molecule has 9 heteroatoms. The fraction of sp³-hybridized carbons (Fsp3) is 0.367. The summed E-state index contributed by atoms with van der Waals surface area (Å²) in [4.78, 5) is 25.2. The van der Waals surface area contributed by atoms with E-state index >= 15 is 0 Å². The molecule has 3 heterocycles. The minimum Gasteiger partial charge on any atom is -0.462 e. The molecule has 1 amide bonds. The van der Waals surface area contributed by atoms with Crippen molar-refractivity contribution < 1.29 is 19.0 Å². The molecule has 0 radical (unpaired) electrons. The Kier molecular flexibility index (Phi) is 9.14. The Balaban J connectivity index is 1.22. The highest BCUT2D eigenvalue weighted by Gasteiger charge is 2.14. The number of hydrogen-bond acceptors (Lipinski definition) is 8. The third-order valence-electron chi connectivity index (χ3n) is 6.70. The van der Waals surface area contributed by atoms with Crippen LogP contribution in [-0.2, 0) is 16.0 Å². The molecule has 2 aliphatic heterocycles. The predicted molar refractivity (Wildman–Crippen MR) is 147 cm³/mol. The Bertz CT molecular complexity index is 1310. The van der Waals surface area contributed by atoms with E-state index in [9.17, 15) is 4.79 Å². The largest absolute Gasteiger partial charge is 0.462 e. The Labute approximate surface area is 228 Å². The number of nitrogens with two attached hydrogens (primary N) is 1. The van der Waals surface area contributed by atoms with E-state index in [2.05, 4.69) is 55.9 Å². The van der Waals surface area contributed by atoms with E-state index in [1.165, 1.54) is 5.56 Å². The average molecular weight is 528 g/mol. The highest BCUT2D eigenvalue weighted by atomic mass is 16.5. The number of benzene rings is 2. The van der Waals surface area contributed by atoms with Gasteiger partial charge in [0.2, 0.25) is 0 Å². The van der Waals surface area contributed by atoms with Gasteiger partial charge in [-0.3, -0.25) is 14.6 Å². The normalized spacial score (nSPS) is 16.3. The van der Waals surface area contributed by atoms with Crippen molar-refractivity contribution in [3.05, 3.63) is 77.0 Å². The van der Waals surface area contributed by atoms with Crippen LogP contribution in [-0.4, -0.2) is 91.4 Å². The molecule has 0 atom stereocenters. The van der Waals surface area contributed by atoms with Gasteiger partial charge in [0, 0.05) is 56.0 Å². The van der Waals surface area contributed by atoms with Crippen LogP contribution in [0.5, 0.6) is 6.01 Å². The van der Waals surface area contributed by atoms with Crippen LogP contribution in [0.15, 0.2) is 54.6 Å². The van der Waals surface area contributed by atoms with Crippen molar-refractivity contribution in [1.82, 2.24) is 19.8 Å². The SMILES string of the molecule is NC(=O)c1cc(-c2ccc(C#Cc3ccc(CN4CCOCC4)cc3)cc2)nc(OCCN2CCOCC2)n1. The number of rotatable bonds is 8. The molecule has 3 aromatic rings. The van der Waals surface area contributed by atoms with Crippen molar-refractivity contribution in [1.29, 1.82) is 0 Å². The van der Waals surface area contributed by atoms with Crippen molar-refractivity contribution in [2.24, 2.45) is 5.73 Å². The van der Waals surface area contributed by atoms with Gasteiger partial charge in [0.1, 0.15) is 12.3 Å². The zero-order valence-electron chi connectivity index (χ0n) is 22.0. The molecule has 0 unspecified atom stereocenters. The van der Waals surface area contributed by atoms with Crippen LogP contribution in [0.2, 0.25) is 0 Å². The molecule has 202 valence electrons. The lowest BCUT2D eigenvalue weighted by molar-refractivity contribution is 0.0317. The fourth-order valence-corrected chi connectivity index (χ4v) is 4.43. The van der Waals surface area contributed by atoms with Gasteiger partial charge in [-0.1, -0.05) is 36.1 Å². The zero-order valence-corrected chi connectivity index (χ0v) is 22.0. The van der Waals surface area contributed by atoms with Crippen LogP contribution in [0.25, 0.3) is 11.3 Å². The van der Waals surface area contributed by atoms with Crippen molar-refractivity contribution in [3.63, 3.8) is 0 Å². The fourth-order valence-electron chi connectivity index (χ4n) is 4.43. The molecule has 2 fully saturated rings. The Morgan fingerprint density at radius 2 is 1.44 bits per heavy atom. The number of hydrogen-bond donors (Lipinski definition) is 1. The summed E-state index contributed by atoms with van der Waals surface area (Å²) in [5.41, 5.74) is 10.1. The summed E-state index contributed by atoms with van der Waals surface area (Å²) in [7, 11) is 0. The van der Waals surface area contributed by atoms with Crippen LogP contribution in [0, 0.1) is 11.8 Å². The number of nitrogens with zero attached hydrogens (tertiary/aromatic N) is 4. The summed E-state index contributed by atoms with van der Waals surface area (Å²) in [5, 5.41) is 0. The van der Waals surface area contributed by atoms with E-state index in [1.54, 1.807) is 6.07 Å². The summed E-state index contributed by atoms with van der Waals surface area (Å²) in [6, 6.07) is 17.8. The van der Waals surface area contributed by atoms with Gasteiger partial charge in [-0.2, -0.15) is 9.97 Å². The van der Waals surface area contributed by atoms with E-state index < -0.39 is 5.91 Å². The van der Waals surface area contributed by atoms with Gasteiger partial charge in [-0.25, -0.2) is 0 Å². The summed E-state index contributed by atoms with van der Waals surface area (Å²) in [6.45, 7) is 8.79. The lowest BCUT2D eigenvalue weighted by Gasteiger charge is -2.26. The molecule has 2 saturated heterocycles. The van der Waals surface area contributed by atoms with Gasteiger partial charge >= 0.3 is 6.01 Å². The second kappa shape index (κ2) is 13.3. The average Bonchev–Trinajstić information content (AvgIpc) is 2.98. The number of morpholine rings is 2. The number of primary amides is 1. The highest BCUT2D eigenvalue weighted by Crippen LogP contribution is 2.21. The van der Waals surface area contributed by atoms with Crippen molar-refractivity contribution in [2.45, 2.75) is 6.54 Å². The molecule has 0 saturated carbocycles. The maximum atomic E-state index is 11.9. The Hall–Kier alpha value is -3.81. The van der Waals surface area contributed by atoms with Crippen LogP contribution < -0.4 is 10.5 Å². The number of aromatic nitrogens is 2. The van der Waals surface area contributed by atoms with Crippen molar-refractivity contribution in [2.75, 3.05) is 65.8 Å². The van der Waals surface area contributed by atoms with Crippen LogP contribution in [0.4, 0.5) is 0 Å². The van der Waals surface area contributed by atoms with Crippen LogP contribution in [0.1, 0.15) is 27.2 Å². The summed E-state index contributed by atoms with van der Waals surface area (Å²) in [6.07, 6.45) is 0. The molecule has 2 aliphatic rings. The van der Waals surface area contributed by atoms with Crippen LogP contribution in [0.3, 0.4) is 0 Å². The standard InChI is InChI=1S/C30H33N5O4/c31-29(36)28-21-27(32-30(33-28)39-20-15-34-11-16-37-17-12-34)26-9-7-24(8-10-26)2-1-23-3-5-25(6-4-23)22-35-13-18-38-19-14-35/h3-10,21H,11-20,22H2,(H2,31,36). The third-order valence-corrected chi connectivity index (χ3v) is 6.70. The van der Waals surface area contributed by atoms with Gasteiger partial charge < -0.3 is 19.9 Å². The quantitative estimate of drug-likeness (QED) is 0.445. The first-order chi connectivity index (χ1) is 19.1. The molecule has 39 heavy (non-hydrogen) atoms. The zero-order chi connectivity index (χ0) is 26.9. The molecule has 9 nitrogen and oxygen atoms in total. The minimum absolute atomic E-state index is 0.113. The highest BCUT2D eigenvalue weighted by molar-refractivity contribution is 5.91. The number of amides is 1. The van der Waals surface area contributed by atoms with Crippen molar-refractivity contribution >= 4 is 5.91 Å². The first-order valence-corrected chi connectivity index (χ1v) is 13.3. The molecular formula is C30H33N5O4. The lowest BCUT2D eigenvalue weighted by atomic mass is 10.1. The lowest BCUT2D eigenvalue weighted by Crippen LogP contribution is -2.38. The predicted octanol–water partition coefficient (Wildman–Crippen LogP) is 2.19. The first kappa shape index (κ1) is 26.8. The van der Waals surface area contributed by atoms with Gasteiger partial charge in [-0.05, 0) is 35.9 Å². The molecular weight excluding hydrogens is 494 g/mol. The van der Waals surface area contributed by atoms with E-state index in [-0.39, 0.29) is 11.7 Å². The summed E-state index contributed by atoms with van der Waals surface area (Å²) in [5.74, 6) is 5.82. The minimum atomic E-state index is -0.630. The number of carbonyl (C=O) groups is 1. The topological polar surface area (TPSA) is 103 Å². The maximum Gasteiger partial charge on any atom is 0.317 e. The molecule has 1 aromatic heterocycles. The molecule has 0 aliphatic carbocycles. The molecule has 2 N–H and O–H groups in total. The Morgan fingerprint density at radius 3 is 2.05 bits per heavy atom. The van der Waals surface area contributed by atoms with Gasteiger partial charge in [0.15, 0.2) is 0 Å². The maximum absolute atomic E-state index is 11.9. The molecule has 2 aromatic carbocycles. The van der Waals surface area contributed by atoms with E-state index in [0.717, 1.165) is 82.4 Å². The monoisotopic (exact) mass is 527 g/mol. The van der Waals surface area contributed by atoms with Crippen molar-refractivity contribution in [3.8, 4) is 29.1 Å². The molecule has 5 rings (SSSR count). The van der Waals surface area contributed by atoms with Crippen LogP contribution >= 0.6 is 0 Å². The van der Waals surface area contributed by atoms with E-state index in [0.29, 0.717) is 12.3 Å². The molecule has 0 bridgehead atoms. The number of carbonyl (C=O) groups excluding carboxylic acids is 1.